The molecule has 0 saturated heterocycles. The van der Waals surface area contributed by atoms with Gasteiger partial charge in [0.05, 0.1) is 23.6 Å². The molecule has 3 heterocycles. The summed E-state index contributed by atoms with van der Waals surface area (Å²) >= 11 is 1.20. The molecule has 0 radical (unpaired) electrons. The van der Waals surface area contributed by atoms with Crippen molar-refractivity contribution in [3.63, 3.8) is 0 Å². The van der Waals surface area contributed by atoms with E-state index in [1.807, 2.05) is 25.1 Å². The number of hydrogen-bond acceptors (Lipinski definition) is 8. The lowest BCUT2D eigenvalue weighted by molar-refractivity contribution is -0.119. The van der Waals surface area contributed by atoms with Gasteiger partial charge in [-0.05, 0) is 36.6 Å². The molecular weight excluding hydrogens is 406 g/mol. The van der Waals surface area contributed by atoms with Crippen LogP contribution in [-0.2, 0) is 4.79 Å². The molecule has 1 atom stereocenters. The third-order valence-corrected chi connectivity index (χ3v) is 5.55. The number of fused-ring (bicyclic) bond motifs is 1. The number of ether oxygens (including phenoxy) is 2. The third-order valence-electron chi connectivity index (χ3n) is 4.73. The topological polar surface area (TPSA) is 99.6 Å². The lowest BCUT2D eigenvalue weighted by Gasteiger charge is -2.25. The molecule has 1 aliphatic rings. The quantitative estimate of drug-likeness (QED) is 0.562. The highest BCUT2D eigenvalue weighted by atomic mass is 32.2. The molecule has 158 valence electrons. The van der Waals surface area contributed by atoms with Gasteiger partial charge in [-0.3, -0.25) is 4.79 Å². The van der Waals surface area contributed by atoms with Crippen LogP contribution in [0.5, 0.6) is 11.5 Å². The van der Waals surface area contributed by atoms with Crippen LogP contribution < -0.4 is 14.8 Å². The Labute approximate surface area is 178 Å². The molecular formula is C21H23N3O5S. The maximum Gasteiger partial charge on any atom is 0.277 e. The lowest BCUT2D eigenvalue weighted by Crippen LogP contribution is -2.33. The van der Waals surface area contributed by atoms with E-state index < -0.39 is 0 Å². The fourth-order valence-electron chi connectivity index (χ4n) is 3.21. The van der Waals surface area contributed by atoms with Gasteiger partial charge in [0.2, 0.25) is 5.91 Å². The molecule has 0 aliphatic carbocycles. The smallest absolute Gasteiger partial charge is 0.277 e. The molecule has 2 aromatic heterocycles. The minimum absolute atomic E-state index is 0.118. The van der Waals surface area contributed by atoms with Gasteiger partial charge in [-0.15, -0.1) is 10.2 Å². The number of amides is 1. The second-order valence-corrected chi connectivity index (χ2v) is 8.17. The van der Waals surface area contributed by atoms with E-state index in [2.05, 4.69) is 29.4 Å². The highest BCUT2D eigenvalue weighted by Gasteiger charge is 2.22. The molecule has 0 fully saturated rings. The first-order valence-corrected chi connectivity index (χ1v) is 10.7. The minimum atomic E-state index is -0.152. The van der Waals surface area contributed by atoms with Crippen LogP contribution in [0.25, 0.3) is 11.5 Å². The number of aryl methyl sites for hydroxylation is 1. The van der Waals surface area contributed by atoms with E-state index >= 15 is 0 Å². The molecule has 1 amide bonds. The van der Waals surface area contributed by atoms with Crippen molar-refractivity contribution >= 4 is 17.7 Å². The Hall–Kier alpha value is -2.94. The molecule has 1 unspecified atom stereocenters. The van der Waals surface area contributed by atoms with Gasteiger partial charge in [0, 0.05) is 0 Å². The van der Waals surface area contributed by atoms with Crippen LogP contribution in [0.1, 0.15) is 31.2 Å². The molecule has 1 aromatic carbocycles. The van der Waals surface area contributed by atoms with E-state index in [9.17, 15) is 4.79 Å². The van der Waals surface area contributed by atoms with Crippen LogP contribution in [0.2, 0.25) is 0 Å². The van der Waals surface area contributed by atoms with Crippen LogP contribution in [0.4, 0.5) is 0 Å². The maximum atomic E-state index is 12.6. The zero-order valence-electron chi connectivity index (χ0n) is 17.0. The summed E-state index contributed by atoms with van der Waals surface area (Å²) in [5.41, 5.74) is 1.72. The standard InChI is InChI=1S/C21H23N3O5S/c1-12(2)19(14-4-5-16-17(10-14)28-9-8-27-16)22-18(25)11-30-21-24-23-20(29-21)15-6-7-26-13(15)3/h4-7,10,12,19H,8-9,11H2,1-3H3,(H,22,25). The van der Waals surface area contributed by atoms with E-state index in [0.717, 1.165) is 16.9 Å². The van der Waals surface area contributed by atoms with Gasteiger partial charge in [-0.25, -0.2) is 0 Å². The summed E-state index contributed by atoms with van der Waals surface area (Å²) in [4.78, 5) is 12.6. The predicted octanol–water partition coefficient (Wildman–Crippen LogP) is 4.01. The summed E-state index contributed by atoms with van der Waals surface area (Å²) in [6.07, 6.45) is 1.57. The molecule has 9 heteroatoms. The van der Waals surface area contributed by atoms with Gasteiger partial charge >= 0.3 is 0 Å². The van der Waals surface area contributed by atoms with Crippen molar-refractivity contribution in [3.05, 3.63) is 41.9 Å². The minimum Gasteiger partial charge on any atom is -0.486 e. The van der Waals surface area contributed by atoms with Gasteiger partial charge in [0.25, 0.3) is 11.1 Å². The molecule has 30 heavy (non-hydrogen) atoms. The molecule has 8 nitrogen and oxygen atoms in total. The average molecular weight is 429 g/mol. The number of carbonyl (C=O) groups excluding carboxylic acids is 1. The summed E-state index contributed by atoms with van der Waals surface area (Å²) in [5.74, 6) is 2.76. The fourth-order valence-corrected chi connectivity index (χ4v) is 3.79. The predicted molar refractivity (Wildman–Crippen MR) is 111 cm³/mol. The van der Waals surface area contributed by atoms with Gasteiger partial charge < -0.3 is 23.6 Å². The highest BCUT2D eigenvalue weighted by Crippen LogP contribution is 2.34. The van der Waals surface area contributed by atoms with Crippen molar-refractivity contribution in [1.82, 2.24) is 15.5 Å². The average Bonchev–Trinajstić information content (AvgIpc) is 3.38. The number of furan rings is 1. The largest absolute Gasteiger partial charge is 0.486 e. The number of nitrogens with one attached hydrogen (secondary N) is 1. The molecule has 0 bridgehead atoms. The summed E-state index contributed by atoms with van der Waals surface area (Å²) < 4.78 is 22.1. The van der Waals surface area contributed by atoms with Gasteiger partial charge in [-0.1, -0.05) is 31.7 Å². The van der Waals surface area contributed by atoms with Crippen molar-refractivity contribution in [2.45, 2.75) is 32.0 Å². The number of rotatable bonds is 7. The van der Waals surface area contributed by atoms with E-state index in [1.54, 1.807) is 12.3 Å². The van der Waals surface area contributed by atoms with Crippen molar-refractivity contribution < 1.29 is 23.1 Å². The monoisotopic (exact) mass is 429 g/mol. The van der Waals surface area contributed by atoms with Crippen molar-refractivity contribution in [1.29, 1.82) is 0 Å². The number of benzene rings is 1. The Morgan fingerprint density at radius 3 is 2.70 bits per heavy atom. The zero-order chi connectivity index (χ0) is 21.1. The summed E-state index contributed by atoms with van der Waals surface area (Å²) in [6.45, 7) is 7.02. The van der Waals surface area contributed by atoms with Crippen LogP contribution in [0.15, 0.2) is 44.6 Å². The number of thioether (sulfide) groups is 1. The van der Waals surface area contributed by atoms with Crippen molar-refractivity contribution in [2.75, 3.05) is 19.0 Å². The first-order valence-electron chi connectivity index (χ1n) is 9.71. The second kappa shape index (κ2) is 8.83. The molecule has 0 spiro atoms. The van der Waals surface area contributed by atoms with E-state index in [-0.39, 0.29) is 23.6 Å². The third kappa shape index (κ3) is 4.46. The molecule has 1 aliphatic heterocycles. The van der Waals surface area contributed by atoms with E-state index in [1.165, 1.54) is 11.8 Å². The Bertz CT molecular complexity index is 1030. The van der Waals surface area contributed by atoms with Crippen molar-refractivity contribution in [3.8, 4) is 23.0 Å². The fraction of sp³-hybridized carbons (Fsp3) is 0.381. The van der Waals surface area contributed by atoms with Crippen LogP contribution in [0, 0.1) is 12.8 Å². The number of aromatic nitrogens is 2. The van der Waals surface area contributed by atoms with Gasteiger partial charge in [-0.2, -0.15) is 0 Å². The summed E-state index contributed by atoms with van der Waals surface area (Å²) in [7, 11) is 0. The normalized spacial score (nSPS) is 14.0. The summed E-state index contributed by atoms with van der Waals surface area (Å²) in [6, 6.07) is 7.40. The molecule has 3 aromatic rings. The van der Waals surface area contributed by atoms with Crippen LogP contribution >= 0.6 is 11.8 Å². The first-order chi connectivity index (χ1) is 14.5. The van der Waals surface area contributed by atoms with Crippen LogP contribution in [0.3, 0.4) is 0 Å². The molecule has 4 rings (SSSR count). The number of carbonyl (C=O) groups is 1. The Kier molecular flexibility index (Phi) is 5.98. The van der Waals surface area contributed by atoms with Crippen LogP contribution in [-0.4, -0.2) is 35.1 Å². The van der Waals surface area contributed by atoms with E-state index in [0.29, 0.717) is 35.8 Å². The molecule has 1 N–H and O–H groups in total. The summed E-state index contributed by atoms with van der Waals surface area (Å²) in [5, 5.41) is 11.4. The molecule has 0 saturated carbocycles. The lowest BCUT2D eigenvalue weighted by atomic mass is 9.95. The Balaban J connectivity index is 1.38. The maximum absolute atomic E-state index is 12.6. The first kappa shape index (κ1) is 20.3. The SMILES string of the molecule is Cc1occc1-c1nnc(SCC(=O)NC(c2ccc3c(c2)OCCO3)C(C)C)o1. The van der Waals surface area contributed by atoms with E-state index in [4.69, 9.17) is 18.3 Å². The van der Waals surface area contributed by atoms with Gasteiger partial charge in [0.15, 0.2) is 11.5 Å². The Morgan fingerprint density at radius 2 is 1.97 bits per heavy atom. The second-order valence-electron chi connectivity index (χ2n) is 7.24. The number of hydrogen-bond donors (Lipinski definition) is 1. The number of nitrogens with zero attached hydrogens (tertiary/aromatic N) is 2. The highest BCUT2D eigenvalue weighted by molar-refractivity contribution is 7.99. The Morgan fingerprint density at radius 1 is 1.17 bits per heavy atom. The zero-order valence-corrected chi connectivity index (χ0v) is 17.8. The van der Waals surface area contributed by atoms with Crippen molar-refractivity contribution in [2.24, 2.45) is 5.92 Å². The van der Waals surface area contributed by atoms with Gasteiger partial charge in [0.1, 0.15) is 19.0 Å².